The summed E-state index contributed by atoms with van der Waals surface area (Å²) in [6.07, 6.45) is 1.15. The Kier molecular flexibility index (Phi) is 4.98. The summed E-state index contributed by atoms with van der Waals surface area (Å²) in [6.45, 7) is 0. The van der Waals surface area contributed by atoms with Crippen molar-refractivity contribution in [1.82, 2.24) is 0 Å². The summed E-state index contributed by atoms with van der Waals surface area (Å²) in [5.74, 6) is 0.592. The number of benzene rings is 1. The molecule has 0 saturated carbocycles. The molecule has 0 spiro atoms. The quantitative estimate of drug-likeness (QED) is 0.439. The predicted molar refractivity (Wildman–Crippen MR) is 57.2 cm³/mol. The predicted octanol–water partition coefficient (Wildman–Crippen LogP) is 3.46. The van der Waals surface area contributed by atoms with E-state index in [1.807, 2.05) is 0 Å². The van der Waals surface area contributed by atoms with E-state index < -0.39 is 0 Å². The van der Waals surface area contributed by atoms with Crippen LogP contribution in [0.3, 0.4) is 0 Å². The molecule has 0 fully saturated rings. The van der Waals surface area contributed by atoms with E-state index in [-0.39, 0.29) is 11.1 Å². The Hall–Kier alpha value is -0.540. The number of rotatable bonds is 5. The van der Waals surface area contributed by atoms with Gasteiger partial charge in [0.15, 0.2) is 0 Å². The molecular weight excluding hydrogens is 223 g/mol. The van der Waals surface area contributed by atoms with E-state index in [4.69, 9.17) is 11.6 Å². The second kappa shape index (κ2) is 6.04. The smallest absolute Gasteiger partial charge is 0.221 e. The van der Waals surface area contributed by atoms with Crippen LogP contribution in [0.25, 0.3) is 0 Å². The Morgan fingerprint density at radius 3 is 2.57 bits per heavy atom. The van der Waals surface area contributed by atoms with Gasteiger partial charge in [-0.2, -0.15) is 0 Å². The van der Waals surface area contributed by atoms with Crippen LogP contribution < -0.4 is 0 Å². The van der Waals surface area contributed by atoms with E-state index in [0.29, 0.717) is 6.42 Å². The number of hydrogen-bond acceptors (Lipinski definition) is 2. The Morgan fingerprint density at radius 1 is 1.36 bits per heavy atom. The first kappa shape index (κ1) is 11.5. The highest BCUT2D eigenvalue weighted by Crippen LogP contribution is 2.19. The Balaban J connectivity index is 2.25. The first-order valence-electron chi connectivity index (χ1n) is 4.25. The minimum atomic E-state index is -0.301. The molecule has 76 valence electrons. The maximum absolute atomic E-state index is 12.5. The molecule has 0 bridgehead atoms. The molecule has 0 aliphatic carbocycles. The summed E-state index contributed by atoms with van der Waals surface area (Å²) >= 11 is 6.78. The summed E-state index contributed by atoms with van der Waals surface area (Å²) in [4.78, 5) is 11.4. The number of carbonyl (C=O) groups excluding carboxylic acids is 1. The van der Waals surface area contributed by atoms with Gasteiger partial charge in [-0.05, 0) is 48.0 Å². The second-order valence-corrected chi connectivity index (χ2v) is 4.35. The SMILES string of the molecule is O=C(Cl)CCCSc1ccc(F)cc1. The molecule has 0 amide bonds. The second-order valence-electron chi connectivity index (χ2n) is 2.76. The largest absolute Gasteiger partial charge is 0.281 e. The molecule has 1 aromatic carbocycles. The highest BCUT2D eigenvalue weighted by atomic mass is 35.5. The summed E-state index contributed by atoms with van der Waals surface area (Å²) in [5.41, 5.74) is 0. The van der Waals surface area contributed by atoms with Crippen molar-refractivity contribution in [3.05, 3.63) is 30.1 Å². The van der Waals surface area contributed by atoms with Gasteiger partial charge in [-0.1, -0.05) is 0 Å². The zero-order chi connectivity index (χ0) is 10.4. The fraction of sp³-hybridized carbons (Fsp3) is 0.300. The van der Waals surface area contributed by atoms with E-state index in [1.54, 1.807) is 23.9 Å². The van der Waals surface area contributed by atoms with Crippen molar-refractivity contribution < 1.29 is 9.18 Å². The van der Waals surface area contributed by atoms with Gasteiger partial charge >= 0.3 is 0 Å². The zero-order valence-electron chi connectivity index (χ0n) is 7.50. The van der Waals surface area contributed by atoms with Gasteiger partial charge in [-0.15, -0.1) is 11.8 Å². The fourth-order valence-corrected chi connectivity index (χ4v) is 1.92. The standard InChI is InChI=1S/C10H10ClFOS/c11-10(13)2-1-7-14-9-5-3-8(12)4-6-9/h3-6H,1-2,7H2. The molecule has 0 atom stereocenters. The van der Waals surface area contributed by atoms with Crippen LogP contribution in [0.1, 0.15) is 12.8 Å². The van der Waals surface area contributed by atoms with Crippen molar-refractivity contribution >= 4 is 28.6 Å². The molecule has 0 radical (unpaired) electrons. The molecule has 0 saturated heterocycles. The van der Waals surface area contributed by atoms with Crippen LogP contribution >= 0.6 is 23.4 Å². The molecule has 0 N–H and O–H groups in total. The average molecular weight is 233 g/mol. The first-order valence-corrected chi connectivity index (χ1v) is 5.61. The van der Waals surface area contributed by atoms with Gasteiger partial charge in [0.1, 0.15) is 5.82 Å². The first-order chi connectivity index (χ1) is 6.68. The molecule has 1 nitrogen and oxygen atoms in total. The minimum Gasteiger partial charge on any atom is -0.281 e. The van der Waals surface area contributed by atoms with Gasteiger partial charge in [0, 0.05) is 11.3 Å². The molecule has 0 aromatic heterocycles. The molecule has 0 aliphatic rings. The maximum Gasteiger partial charge on any atom is 0.221 e. The van der Waals surface area contributed by atoms with Gasteiger partial charge in [0.2, 0.25) is 5.24 Å². The van der Waals surface area contributed by atoms with E-state index >= 15 is 0 Å². The van der Waals surface area contributed by atoms with Gasteiger partial charge in [0.05, 0.1) is 0 Å². The van der Waals surface area contributed by atoms with Crippen molar-refractivity contribution in [2.24, 2.45) is 0 Å². The molecule has 0 heterocycles. The molecule has 14 heavy (non-hydrogen) atoms. The highest BCUT2D eigenvalue weighted by molar-refractivity contribution is 7.99. The fourth-order valence-electron chi connectivity index (χ4n) is 0.932. The van der Waals surface area contributed by atoms with E-state index in [0.717, 1.165) is 17.1 Å². The highest BCUT2D eigenvalue weighted by Gasteiger charge is 1.97. The van der Waals surface area contributed by atoms with Crippen LogP contribution in [0.4, 0.5) is 4.39 Å². The zero-order valence-corrected chi connectivity index (χ0v) is 9.08. The molecule has 4 heteroatoms. The third kappa shape index (κ3) is 4.63. The van der Waals surface area contributed by atoms with Gasteiger partial charge < -0.3 is 0 Å². The van der Waals surface area contributed by atoms with Gasteiger partial charge in [-0.25, -0.2) is 4.39 Å². The van der Waals surface area contributed by atoms with Crippen molar-refractivity contribution in [2.45, 2.75) is 17.7 Å². The number of hydrogen-bond donors (Lipinski definition) is 0. The van der Waals surface area contributed by atoms with Crippen LogP contribution in [0, 0.1) is 5.82 Å². The number of halogens is 2. The maximum atomic E-state index is 12.5. The minimum absolute atomic E-state index is 0.231. The van der Waals surface area contributed by atoms with Crippen LogP contribution in [0.2, 0.25) is 0 Å². The van der Waals surface area contributed by atoms with Crippen molar-refractivity contribution in [3.8, 4) is 0 Å². The van der Waals surface area contributed by atoms with Crippen molar-refractivity contribution in [2.75, 3.05) is 5.75 Å². The summed E-state index contributed by atoms with van der Waals surface area (Å²) in [6, 6.07) is 6.30. The van der Waals surface area contributed by atoms with E-state index in [2.05, 4.69) is 0 Å². The van der Waals surface area contributed by atoms with E-state index in [9.17, 15) is 9.18 Å². The Morgan fingerprint density at radius 2 is 2.00 bits per heavy atom. The lowest BCUT2D eigenvalue weighted by molar-refractivity contribution is -0.111. The molecular formula is C10H10ClFOS. The number of thioether (sulfide) groups is 1. The van der Waals surface area contributed by atoms with Crippen LogP contribution in [0.5, 0.6) is 0 Å². The lowest BCUT2D eigenvalue weighted by Gasteiger charge is -1.99. The summed E-state index contributed by atoms with van der Waals surface area (Å²) in [7, 11) is 0. The lowest BCUT2D eigenvalue weighted by atomic mass is 10.3. The van der Waals surface area contributed by atoms with Gasteiger partial charge in [-0.3, -0.25) is 4.79 Å². The Bertz CT molecular complexity index is 299. The molecule has 1 aromatic rings. The normalized spacial score (nSPS) is 10.1. The Labute approximate surface area is 91.6 Å². The lowest BCUT2D eigenvalue weighted by Crippen LogP contribution is -1.87. The van der Waals surface area contributed by atoms with Gasteiger partial charge in [0.25, 0.3) is 0 Å². The molecule has 1 rings (SSSR count). The molecule has 0 aliphatic heterocycles. The van der Waals surface area contributed by atoms with Crippen LogP contribution in [-0.2, 0) is 4.79 Å². The van der Waals surface area contributed by atoms with Crippen molar-refractivity contribution in [3.63, 3.8) is 0 Å². The summed E-state index contributed by atoms with van der Waals surface area (Å²) < 4.78 is 12.5. The third-order valence-electron chi connectivity index (χ3n) is 1.60. The number of carbonyl (C=O) groups is 1. The topological polar surface area (TPSA) is 17.1 Å². The van der Waals surface area contributed by atoms with E-state index in [1.165, 1.54) is 12.1 Å². The van der Waals surface area contributed by atoms with Crippen molar-refractivity contribution in [1.29, 1.82) is 0 Å². The third-order valence-corrected chi connectivity index (χ3v) is 2.89. The average Bonchev–Trinajstić information content (AvgIpc) is 2.15. The monoisotopic (exact) mass is 232 g/mol. The van der Waals surface area contributed by atoms with Crippen LogP contribution in [0.15, 0.2) is 29.2 Å². The summed E-state index contributed by atoms with van der Waals surface area (Å²) in [5, 5.41) is -0.301. The molecule has 0 unspecified atom stereocenters. The van der Waals surface area contributed by atoms with Crippen LogP contribution in [-0.4, -0.2) is 11.0 Å².